The van der Waals surface area contributed by atoms with Crippen LogP contribution in [0.3, 0.4) is 0 Å². The molecule has 0 amide bonds. The van der Waals surface area contributed by atoms with Crippen molar-refractivity contribution in [3.8, 4) is 0 Å². The summed E-state index contributed by atoms with van der Waals surface area (Å²) in [5.74, 6) is 0. The highest BCUT2D eigenvalue weighted by molar-refractivity contribution is 5.66. The lowest BCUT2D eigenvalue weighted by molar-refractivity contribution is 1.05. The lowest BCUT2D eigenvalue weighted by Crippen LogP contribution is -2.03. The molecule has 0 spiro atoms. The van der Waals surface area contributed by atoms with Crippen molar-refractivity contribution in [1.29, 1.82) is 0 Å². The van der Waals surface area contributed by atoms with Crippen LogP contribution in [-0.2, 0) is 6.54 Å². The topological polar surface area (TPSA) is 50.9 Å². The molecule has 3 nitrogen and oxygen atoms in total. The largest absolute Gasteiger partial charge is 0.397 e. The minimum Gasteiger partial charge on any atom is -0.397 e. The molecule has 0 aliphatic heterocycles. The summed E-state index contributed by atoms with van der Waals surface area (Å²) in [6, 6.07) is 11.8. The average molecular weight is 213 g/mol. The molecule has 3 heteroatoms. The summed E-state index contributed by atoms with van der Waals surface area (Å²) < 4.78 is 0. The van der Waals surface area contributed by atoms with Gasteiger partial charge in [0.1, 0.15) is 0 Å². The van der Waals surface area contributed by atoms with Crippen LogP contribution in [0.1, 0.15) is 11.3 Å². The van der Waals surface area contributed by atoms with Gasteiger partial charge in [-0.3, -0.25) is 4.98 Å². The maximum Gasteiger partial charge on any atom is 0.0594 e. The molecule has 1 aromatic heterocycles. The summed E-state index contributed by atoms with van der Waals surface area (Å²) in [5.41, 5.74) is 9.80. The highest BCUT2D eigenvalue weighted by Gasteiger charge is 1.99. The first-order valence-electron chi connectivity index (χ1n) is 5.25. The van der Waals surface area contributed by atoms with Crippen molar-refractivity contribution in [1.82, 2.24) is 4.98 Å². The molecular weight excluding hydrogens is 198 g/mol. The second kappa shape index (κ2) is 4.66. The van der Waals surface area contributed by atoms with Gasteiger partial charge in [-0.15, -0.1) is 0 Å². The number of aryl methyl sites for hydroxylation is 1. The van der Waals surface area contributed by atoms with E-state index in [2.05, 4.69) is 10.3 Å². The van der Waals surface area contributed by atoms with Crippen molar-refractivity contribution in [2.24, 2.45) is 0 Å². The number of hydrogen-bond donors (Lipinski definition) is 2. The number of nitrogens with zero attached hydrogens (tertiary/aromatic N) is 1. The minimum atomic E-state index is 0.689. The van der Waals surface area contributed by atoms with E-state index in [4.69, 9.17) is 5.73 Å². The van der Waals surface area contributed by atoms with Gasteiger partial charge in [0.25, 0.3) is 0 Å². The molecule has 2 rings (SSSR count). The first-order valence-corrected chi connectivity index (χ1v) is 5.25. The molecule has 0 aliphatic carbocycles. The fraction of sp³-hybridized carbons (Fsp3) is 0.154. The second-order valence-corrected chi connectivity index (χ2v) is 3.77. The van der Waals surface area contributed by atoms with Crippen LogP contribution in [0.2, 0.25) is 0 Å². The molecule has 1 heterocycles. The van der Waals surface area contributed by atoms with E-state index in [0.29, 0.717) is 6.54 Å². The predicted molar refractivity (Wildman–Crippen MR) is 67.2 cm³/mol. The van der Waals surface area contributed by atoms with Gasteiger partial charge in [-0.1, -0.05) is 12.1 Å². The van der Waals surface area contributed by atoms with Gasteiger partial charge in [0.15, 0.2) is 0 Å². The summed E-state index contributed by atoms with van der Waals surface area (Å²) in [5, 5.41) is 3.28. The number of hydrogen-bond acceptors (Lipinski definition) is 3. The van der Waals surface area contributed by atoms with E-state index in [-0.39, 0.29) is 0 Å². The standard InChI is InChI=1S/C13H15N3/c1-10-5-6-12(14)13(8-10)16-9-11-4-2-3-7-15-11/h2-8,16H,9,14H2,1H3. The molecule has 0 atom stereocenters. The molecule has 82 valence electrons. The summed E-state index contributed by atoms with van der Waals surface area (Å²) in [4.78, 5) is 4.24. The molecule has 0 unspecified atom stereocenters. The lowest BCUT2D eigenvalue weighted by atomic mass is 10.2. The molecule has 3 N–H and O–H groups in total. The van der Waals surface area contributed by atoms with Crippen LogP contribution in [0, 0.1) is 6.92 Å². The molecule has 0 aliphatic rings. The van der Waals surface area contributed by atoms with Gasteiger partial charge in [0.05, 0.1) is 23.6 Å². The number of nitrogens with one attached hydrogen (secondary N) is 1. The van der Waals surface area contributed by atoms with Gasteiger partial charge in [-0.05, 0) is 36.8 Å². The summed E-state index contributed by atoms with van der Waals surface area (Å²) >= 11 is 0. The van der Waals surface area contributed by atoms with Crippen LogP contribution in [0.5, 0.6) is 0 Å². The third-order valence-corrected chi connectivity index (χ3v) is 2.39. The Morgan fingerprint density at radius 3 is 2.88 bits per heavy atom. The van der Waals surface area contributed by atoms with Crippen LogP contribution in [0.4, 0.5) is 11.4 Å². The molecule has 0 fully saturated rings. The maximum absolute atomic E-state index is 5.87. The number of pyridine rings is 1. The van der Waals surface area contributed by atoms with E-state index >= 15 is 0 Å². The first kappa shape index (κ1) is 10.5. The normalized spacial score (nSPS) is 10.1. The number of aromatic nitrogens is 1. The van der Waals surface area contributed by atoms with Crippen LogP contribution >= 0.6 is 0 Å². The average Bonchev–Trinajstić information content (AvgIpc) is 2.32. The third-order valence-electron chi connectivity index (χ3n) is 2.39. The van der Waals surface area contributed by atoms with Gasteiger partial charge in [-0.2, -0.15) is 0 Å². The zero-order valence-electron chi connectivity index (χ0n) is 9.27. The Bertz CT molecular complexity index is 466. The van der Waals surface area contributed by atoms with Crippen molar-refractivity contribution < 1.29 is 0 Å². The Kier molecular flexibility index (Phi) is 3.05. The zero-order valence-corrected chi connectivity index (χ0v) is 9.27. The van der Waals surface area contributed by atoms with Crippen molar-refractivity contribution >= 4 is 11.4 Å². The molecule has 1 aromatic carbocycles. The third kappa shape index (κ3) is 2.51. The van der Waals surface area contributed by atoms with E-state index in [1.54, 1.807) is 6.20 Å². The van der Waals surface area contributed by atoms with Crippen LogP contribution < -0.4 is 11.1 Å². The summed E-state index contributed by atoms with van der Waals surface area (Å²) in [6.45, 7) is 2.74. The Balaban J connectivity index is 2.08. The molecule has 16 heavy (non-hydrogen) atoms. The van der Waals surface area contributed by atoms with Crippen LogP contribution in [0.25, 0.3) is 0 Å². The van der Waals surface area contributed by atoms with Crippen LogP contribution in [0.15, 0.2) is 42.6 Å². The Hall–Kier alpha value is -2.03. The second-order valence-electron chi connectivity index (χ2n) is 3.77. The van der Waals surface area contributed by atoms with E-state index in [9.17, 15) is 0 Å². The SMILES string of the molecule is Cc1ccc(N)c(NCc2ccccn2)c1. The summed E-state index contributed by atoms with van der Waals surface area (Å²) in [6.07, 6.45) is 1.79. The van der Waals surface area contributed by atoms with E-state index < -0.39 is 0 Å². The first-order chi connectivity index (χ1) is 7.75. The molecule has 0 bridgehead atoms. The summed E-state index contributed by atoms with van der Waals surface area (Å²) in [7, 11) is 0. The van der Waals surface area contributed by atoms with Crippen molar-refractivity contribution in [2.45, 2.75) is 13.5 Å². The highest BCUT2D eigenvalue weighted by atomic mass is 14.9. The zero-order chi connectivity index (χ0) is 11.4. The highest BCUT2D eigenvalue weighted by Crippen LogP contribution is 2.19. The Labute approximate surface area is 95.3 Å². The molecule has 0 saturated carbocycles. The number of nitrogens with two attached hydrogens (primary N) is 1. The fourth-order valence-corrected chi connectivity index (χ4v) is 1.51. The number of anilines is 2. The van der Waals surface area contributed by atoms with Crippen LogP contribution in [-0.4, -0.2) is 4.98 Å². The molecule has 0 saturated heterocycles. The quantitative estimate of drug-likeness (QED) is 0.770. The Morgan fingerprint density at radius 1 is 1.25 bits per heavy atom. The number of rotatable bonds is 3. The lowest BCUT2D eigenvalue weighted by Gasteiger charge is -2.09. The van der Waals surface area contributed by atoms with Crippen molar-refractivity contribution in [3.05, 3.63) is 53.9 Å². The van der Waals surface area contributed by atoms with Gasteiger partial charge >= 0.3 is 0 Å². The van der Waals surface area contributed by atoms with Gasteiger partial charge in [0.2, 0.25) is 0 Å². The van der Waals surface area contributed by atoms with Crippen molar-refractivity contribution in [2.75, 3.05) is 11.1 Å². The van der Waals surface area contributed by atoms with E-state index in [1.807, 2.05) is 43.3 Å². The monoisotopic (exact) mass is 213 g/mol. The van der Waals surface area contributed by atoms with Gasteiger partial charge in [-0.25, -0.2) is 0 Å². The number of benzene rings is 1. The Morgan fingerprint density at radius 2 is 2.12 bits per heavy atom. The van der Waals surface area contributed by atoms with E-state index in [1.165, 1.54) is 5.56 Å². The number of nitrogen functional groups attached to an aromatic ring is 1. The molecule has 2 aromatic rings. The molecule has 0 radical (unpaired) electrons. The predicted octanol–water partition coefficient (Wildman–Crippen LogP) is 2.58. The fourth-order valence-electron chi connectivity index (χ4n) is 1.51. The van der Waals surface area contributed by atoms with Crippen molar-refractivity contribution in [3.63, 3.8) is 0 Å². The van der Waals surface area contributed by atoms with E-state index in [0.717, 1.165) is 17.1 Å². The van der Waals surface area contributed by atoms with Gasteiger partial charge in [0, 0.05) is 6.20 Å². The maximum atomic E-state index is 5.87. The minimum absolute atomic E-state index is 0.689. The smallest absolute Gasteiger partial charge is 0.0594 e. The van der Waals surface area contributed by atoms with Gasteiger partial charge < -0.3 is 11.1 Å². The molecular formula is C13H15N3.